The van der Waals surface area contributed by atoms with Crippen LogP contribution in [0.3, 0.4) is 0 Å². The number of fused-ring (bicyclic) bond motifs is 1. The van der Waals surface area contributed by atoms with Crippen molar-refractivity contribution in [3.05, 3.63) is 35.4 Å². The molecule has 1 saturated carbocycles. The van der Waals surface area contributed by atoms with Gasteiger partial charge in [0.1, 0.15) is 6.04 Å². The lowest BCUT2D eigenvalue weighted by molar-refractivity contribution is -0.141. The summed E-state index contributed by atoms with van der Waals surface area (Å²) >= 11 is 0. The molecule has 3 atom stereocenters. The normalized spacial score (nSPS) is 26.9. The van der Waals surface area contributed by atoms with Gasteiger partial charge in [0.2, 0.25) is 5.91 Å². The number of carboxylic acids is 1. The van der Waals surface area contributed by atoms with Gasteiger partial charge in [-0.05, 0) is 42.9 Å². The topological polar surface area (TPSA) is 107 Å². The zero-order valence-corrected chi connectivity index (χ0v) is 15.5. The second kappa shape index (κ2) is 7.26. The zero-order valence-electron chi connectivity index (χ0n) is 15.5. The Morgan fingerprint density at radius 1 is 1.18 bits per heavy atom. The molecule has 3 aliphatic rings. The van der Waals surface area contributed by atoms with Gasteiger partial charge in [-0.3, -0.25) is 14.5 Å². The number of carbonyl (C=O) groups excluding carboxylic acids is 3. The summed E-state index contributed by atoms with van der Waals surface area (Å²) in [5, 5.41) is 12.1. The average molecular weight is 385 g/mol. The standard InChI is InChI=1S/C20H23N3O5/c24-17-10-21-20(28)22(17)11-12-4-3-6-14(8-12)18(25)23-15-7-2-1-5-13(15)9-16(23)19(26)27/h3-4,6,8,13,15-16H,1-2,5,7,9-11H2,(H,21,28)(H,26,27). The monoisotopic (exact) mass is 385 g/mol. The van der Waals surface area contributed by atoms with Gasteiger partial charge in [-0.25, -0.2) is 9.59 Å². The maximum Gasteiger partial charge on any atom is 0.326 e. The molecule has 4 amide bonds. The highest BCUT2D eigenvalue weighted by atomic mass is 16.4. The lowest BCUT2D eigenvalue weighted by Crippen LogP contribution is -2.46. The van der Waals surface area contributed by atoms with Crippen LogP contribution in [0.15, 0.2) is 24.3 Å². The quantitative estimate of drug-likeness (QED) is 0.766. The Hall–Kier alpha value is -2.90. The summed E-state index contributed by atoms with van der Waals surface area (Å²) in [5.41, 5.74) is 1.05. The van der Waals surface area contributed by atoms with Crippen molar-refractivity contribution in [1.82, 2.24) is 15.1 Å². The van der Waals surface area contributed by atoms with Crippen molar-refractivity contribution in [1.29, 1.82) is 0 Å². The molecule has 1 aliphatic carbocycles. The van der Waals surface area contributed by atoms with Gasteiger partial charge in [-0.2, -0.15) is 0 Å². The van der Waals surface area contributed by atoms with Gasteiger partial charge in [-0.1, -0.05) is 25.0 Å². The summed E-state index contributed by atoms with van der Waals surface area (Å²) < 4.78 is 0. The lowest BCUT2D eigenvalue weighted by atomic mass is 9.84. The van der Waals surface area contributed by atoms with Crippen molar-refractivity contribution >= 4 is 23.8 Å². The highest BCUT2D eigenvalue weighted by molar-refractivity contribution is 6.02. The van der Waals surface area contributed by atoms with Gasteiger partial charge in [0, 0.05) is 11.6 Å². The largest absolute Gasteiger partial charge is 0.480 e. The molecule has 1 aromatic rings. The number of likely N-dealkylation sites (tertiary alicyclic amines) is 1. The van der Waals surface area contributed by atoms with Crippen LogP contribution in [0.5, 0.6) is 0 Å². The molecular weight excluding hydrogens is 362 g/mol. The molecule has 3 fully saturated rings. The number of rotatable bonds is 4. The minimum Gasteiger partial charge on any atom is -0.480 e. The minimum atomic E-state index is -0.960. The van der Waals surface area contributed by atoms with Crippen LogP contribution in [0.2, 0.25) is 0 Å². The predicted octanol–water partition coefficient (Wildman–Crippen LogP) is 1.60. The van der Waals surface area contributed by atoms with Crippen LogP contribution < -0.4 is 5.32 Å². The van der Waals surface area contributed by atoms with Gasteiger partial charge in [0.15, 0.2) is 0 Å². The van der Waals surface area contributed by atoms with E-state index in [1.54, 1.807) is 29.2 Å². The van der Waals surface area contributed by atoms with Crippen LogP contribution in [-0.4, -0.2) is 57.3 Å². The smallest absolute Gasteiger partial charge is 0.326 e. The number of hydrogen-bond acceptors (Lipinski definition) is 4. The summed E-state index contributed by atoms with van der Waals surface area (Å²) in [6, 6.07) is 5.48. The number of urea groups is 1. The average Bonchev–Trinajstić information content (AvgIpc) is 3.23. The molecular formula is C20H23N3O5. The third-order valence-electron chi connectivity index (χ3n) is 6.06. The number of aliphatic carboxylic acids is 1. The molecule has 0 spiro atoms. The Balaban J connectivity index is 1.57. The van der Waals surface area contributed by atoms with Crippen molar-refractivity contribution in [3.63, 3.8) is 0 Å². The van der Waals surface area contributed by atoms with Crippen LogP contribution in [0.1, 0.15) is 48.0 Å². The molecule has 2 saturated heterocycles. The molecule has 8 nitrogen and oxygen atoms in total. The first-order valence-electron chi connectivity index (χ1n) is 9.68. The first-order chi connectivity index (χ1) is 13.5. The number of carbonyl (C=O) groups is 4. The van der Waals surface area contributed by atoms with E-state index in [1.165, 1.54) is 0 Å². The first kappa shape index (κ1) is 18.5. The molecule has 2 N–H and O–H groups in total. The van der Waals surface area contributed by atoms with Crippen LogP contribution in [0.25, 0.3) is 0 Å². The number of nitrogens with zero attached hydrogens (tertiary/aromatic N) is 2. The third kappa shape index (κ3) is 3.23. The van der Waals surface area contributed by atoms with E-state index in [4.69, 9.17) is 0 Å². The fourth-order valence-electron chi connectivity index (χ4n) is 4.72. The third-order valence-corrected chi connectivity index (χ3v) is 6.06. The number of nitrogens with one attached hydrogen (secondary N) is 1. The van der Waals surface area contributed by atoms with Crippen LogP contribution >= 0.6 is 0 Å². The van der Waals surface area contributed by atoms with Crippen molar-refractivity contribution in [2.75, 3.05) is 6.54 Å². The van der Waals surface area contributed by atoms with Crippen molar-refractivity contribution in [3.8, 4) is 0 Å². The summed E-state index contributed by atoms with van der Waals surface area (Å²) in [4.78, 5) is 51.2. The lowest BCUT2D eigenvalue weighted by Gasteiger charge is -2.33. The van der Waals surface area contributed by atoms with E-state index in [0.29, 0.717) is 17.5 Å². The second-order valence-electron chi connectivity index (χ2n) is 7.75. The van der Waals surface area contributed by atoms with Crippen molar-refractivity contribution < 1.29 is 24.3 Å². The van der Waals surface area contributed by atoms with E-state index < -0.39 is 18.0 Å². The molecule has 0 bridgehead atoms. The van der Waals surface area contributed by atoms with E-state index in [-0.39, 0.29) is 36.9 Å². The van der Waals surface area contributed by atoms with Gasteiger partial charge < -0.3 is 15.3 Å². The minimum absolute atomic E-state index is 0.0193. The Morgan fingerprint density at radius 3 is 2.68 bits per heavy atom. The van der Waals surface area contributed by atoms with Crippen LogP contribution in [0.4, 0.5) is 4.79 Å². The predicted molar refractivity (Wildman–Crippen MR) is 98.3 cm³/mol. The number of benzene rings is 1. The van der Waals surface area contributed by atoms with Gasteiger partial charge in [0.25, 0.3) is 5.91 Å². The van der Waals surface area contributed by atoms with Gasteiger partial charge in [0.05, 0.1) is 13.1 Å². The highest BCUT2D eigenvalue weighted by Crippen LogP contribution is 2.40. The molecule has 148 valence electrons. The fourth-order valence-corrected chi connectivity index (χ4v) is 4.72. The molecule has 1 aromatic carbocycles. The van der Waals surface area contributed by atoms with Gasteiger partial charge in [-0.15, -0.1) is 0 Å². The number of hydrogen-bond donors (Lipinski definition) is 2. The molecule has 4 rings (SSSR count). The Morgan fingerprint density at radius 2 is 1.96 bits per heavy atom. The summed E-state index contributed by atoms with van der Waals surface area (Å²) in [6.07, 6.45) is 4.39. The Bertz CT molecular complexity index is 823. The Kier molecular flexibility index (Phi) is 4.78. The fraction of sp³-hybridized carbons (Fsp3) is 0.500. The highest BCUT2D eigenvalue weighted by Gasteiger charge is 2.47. The van der Waals surface area contributed by atoms with E-state index in [0.717, 1.165) is 30.6 Å². The number of amides is 4. The molecule has 2 aliphatic heterocycles. The second-order valence-corrected chi connectivity index (χ2v) is 7.75. The zero-order chi connectivity index (χ0) is 19.8. The maximum absolute atomic E-state index is 13.2. The number of imide groups is 1. The number of carboxylic acid groups (broad SMARTS) is 1. The molecule has 8 heteroatoms. The summed E-state index contributed by atoms with van der Waals surface area (Å²) in [5.74, 6) is -1.32. The van der Waals surface area contributed by atoms with Crippen molar-refractivity contribution in [2.24, 2.45) is 5.92 Å². The Labute approximate surface area is 162 Å². The van der Waals surface area contributed by atoms with Gasteiger partial charge >= 0.3 is 12.0 Å². The van der Waals surface area contributed by atoms with Crippen LogP contribution in [-0.2, 0) is 16.1 Å². The summed E-state index contributed by atoms with van der Waals surface area (Å²) in [7, 11) is 0. The van der Waals surface area contributed by atoms with Crippen LogP contribution in [0, 0.1) is 5.92 Å². The van der Waals surface area contributed by atoms with Crippen molar-refractivity contribution in [2.45, 2.75) is 50.7 Å². The molecule has 28 heavy (non-hydrogen) atoms. The van der Waals surface area contributed by atoms with E-state index in [9.17, 15) is 24.3 Å². The molecule has 2 heterocycles. The summed E-state index contributed by atoms with van der Waals surface area (Å²) in [6.45, 7) is 0.0643. The molecule has 0 aromatic heterocycles. The van der Waals surface area contributed by atoms with E-state index in [1.807, 2.05) is 0 Å². The molecule has 0 radical (unpaired) electrons. The molecule has 3 unspecified atom stereocenters. The maximum atomic E-state index is 13.2. The SMILES string of the molecule is O=C(O)C1CC2CCCCC2N1C(=O)c1cccc(CN2C(=O)CNC2=O)c1. The van der Waals surface area contributed by atoms with E-state index in [2.05, 4.69) is 5.32 Å². The van der Waals surface area contributed by atoms with E-state index >= 15 is 0 Å². The first-order valence-corrected chi connectivity index (χ1v) is 9.68.